The van der Waals surface area contributed by atoms with Crippen molar-refractivity contribution in [1.29, 1.82) is 5.26 Å². The van der Waals surface area contributed by atoms with Gasteiger partial charge in [0, 0.05) is 39.1 Å². The monoisotopic (exact) mass is 321 g/mol. The van der Waals surface area contributed by atoms with Crippen molar-refractivity contribution in [2.24, 2.45) is 0 Å². The third-order valence-corrected chi connectivity index (χ3v) is 5.88. The van der Waals surface area contributed by atoms with Gasteiger partial charge in [-0.15, -0.1) is 0 Å². The summed E-state index contributed by atoms with van der Waals surface area (Å²) in [5.41, 5.74) is 1.17. The van der Waals surface area contributed by atoms with Gasteiger partial charge in [0.15, 0.2) is 0 Å². The zero-order chi connectivity index (χ0) is 16.0. The molecule has 1 saturated heterocycles. The van der Waals surface area contributed by atoms with Crippen molar-refractivity contribution >= 4 is 10.0 Å². The molecular formula is C16H23N3O2S. The summed E-state index contributed by atoms with van der Waals surface area (Å²) in [5, 5.41) is 8.60. The second-order valence-corrected chi connectivity index (χ2v) is 7.49. The van der Waals surface area contributed by atoms with Crippen LogP contribution in [0.2, 0.25) is 0 Å². The number of hydrogen-bond acceptors (Lipinski definition) is 4. The third-order valence-electron chi connectivity index (χ3n) is 3.97. The summed E-state index contributed by atoms with van der Waals surface area (Å²) < 4.78 is 26.8. The van der Waals surface area contributed by atoms with E-state index in [2.05, 4.69) is 17.9 Å². The van der Waals surface area contributed by atoms with E-state index >= 15 is 0 Å². The van der Waals surface area contributed by atoms with Crippen LogP contribution >= 0.6 is 0 Å². The molecule has 0 bridgehead atoms. The fraction of sp³-hybridized carbons (Fsp3) is 0.562. The van der Waals surface area contributed by atoms with Gasteiger partial charge in [-0.3, -0.25) is 4.90 Å². The number of piperazine rings is 1. The zero-order valence-corrected chi connectivity index (χ0v) is 13.8. The Morgan fingerprint density at radius 2 is 1.77 bits per heavy atom. The molecule has 0 unspecified atom stereocenters. The van der Waals surface area contributed by atoms with Crippen LogP contribution in [0.3, 0.4) is 0 Å². The number of rotatable bonds is 6. The summed E-state index contributed by atoms with van der Waals surface area (Å²) in [7, 11) is -3.40. The maximum Gasteiger partial charge on any atom is 0.243 e. The van der Waals surface area contributed by atoms with Crippen LogP contribution in [0.5, 0.6) is 0 Å². The molecule has 1 heterocycles. The number of benzene rings is 1. The summed E-state index contributed by atoms with van der Waals surface area (Å²) in [5.74, 6) is 0. The first-order valence-electron chi connectivity index (χ1n) is 7.76. The highest BCUT2D eigenvalue weighted by Crippen LogP contribution is 2.18. The minimum Gasteiger partial charge on any atom is -0.300 e. The van der Waals surface area contributed by atoms with Gasteiger partial charge < -0.3 is 0 Å². The van der Waals surface area contributed by atoms with E-state index in [1.807, 2.05) is 12.1 Å². The summed E-state index contributed by atoms with van der Waals surface area (Å²) in [6, 6.07) is 9.35. The minimum absolute atomic E-state index is 0.373. The van der Waals surface area contributed by atoms with Gasteiger partial charge in [-0.05, 0) is 24.1 Å². The number of nitrogens with zero attached hydrogens (tertiary/aromatic N) is 3. The van der Waals surface area contributed by atoms with Gasteiger partial charge in [0.05, 0.1) is 11.0 Å². The number of nitriles is 1. The molecule has 6 heteroatoms. The Balaban J connectivity index is 2.00. The number of aryl methyl sites for hydroxylation is 1. The first-order chi connectivity index (χ1) is 10.6. The largest absolute Gasteiger partial charge is 0.300 e. The van der Waals surface area contributed by atoms with Gasteiger partial charge >= 0.3 is 0 Å². The molecule has 0 radical (unpaired) electrons. The molecule has 1 fully saturated rings. The van der Waals surface area contributed by atoms with Crippen LogP contribution in [-0.4, -0.2) is 50.3 Å². The second-order valence-electron chi connectivity index (χ2n) is 5.55. The average molecular weight is 321 g/mol. The molecule has 0 aromatic heterocycles. The van der Waals surface area contributed by atoms with E-state index in [1.165, 1.54) is 5.56 Å². The van der Waals surface area contributed by atoms with Gasteiger partial charge in [0.2, 0.25) is 10.0 Å². The van der Waals surface area contributed by atoms with Crippen molar-refractivity contribution in [1.82, 2.24) is 9.21 Å². The lowest BCUT2D eigenvalue weighted by atomic mass is 10.1. The van der Waals surface area contributed by atoms with Crippen molar-refractivity contribution < 1.29 is 8.42 Å². The van der Waals surface area contributed by atoms with Gasteiger partial charge in [-0.2, -0.15) is 9.57 Å². The van der Waals surface area contributed by atoms with Gasteiger partial charge in [-0.1, -0.05) is 25.5 Å². The Bertz CT molecular complexity index is 612. The molecular weight excluding hydrogens is 298 g/mol. The Hall–Kier alpha value is -1.42. The molecule has 0 saturated carbocycles. The van der Waals surface area contributed by atoms with E-state index in [4.69, 9.17) is 5.26 Å². The SMILES string of the molecule is CCCc1ccc(S(=O)(=O)N2CCN(CCC#N)CC2)cc1. The molecule has 22 heavy (non-hydrogen) atoms. The first-order valence-corrected chi connectivity index (χ1v) is 9.20. The van der Waals surface area contributed by atoms with Crippen molar-refractivity contribution in [2.75, 3.05) is 32.7 Å². The molecule has 0 N–H and O–H groups in total. The molecule has 120 valence electrons. The van der Waals surface area contributed by atoms with Gasteiger partial charge in [0.25, 0.3) is 0 Å². The number of sulfonamides is 1. The standard InChI is InChI=1S/C16H23N3O2S/c1-2-4-15-5-7-16(8-6-15)22(20,21)19-13-11-18(12-14-19)10-3-9-17/h5-8H,2-4,10-14H2,1H3. The third kappa shape index (κ3) is 4.07. The quantitative estimate of drug-likeness (QED) is 0.802. The lowest BCUT2D eigenvalue weighted by molar-refractivity contribution is 0.191. The van der Waals surface area contributed by atoms with Crippen LogP contribution in [0, 0.1) is 11.3 Å². The van der Waals surface area contributed by atoms with E-state index < -0.39 is 10.0 Å². The highest BCUT2D eigenvalue weighted by Gasteiger charge is 2.28. The Morgan fingerprint density at radius 3 is 2.32 bits per heavy atom. The Morgan fingerprint density at radius 1 is 1.14 bits per heavy atom. The van der Waals surface area contributed by atoms with E-state index in [1.54, 1.807) is 16.4 Å². The van der Waals surface area contributed by atoms with E-state index in [0.717, 1.165) is 19.4 Å². The van der Waals surface area contributed by atoms with E-state index in [-0.39, 0.29) is 0 Å². The summed E-state index contributed by atoms with van der Waals surface area (Å²) in [6.45, 7) is 5.19. The summed E-state index contributed by atoms with van der Waals surface area (Å²) in [4.78, 5) is 2.51. The van der Waals surface area contributed by atoms with Crippen LogP contribution in [0.15, 0.2) is 29.2 Å². The molecule has 1 aromatic rings. The Kier molecular flexibility index (Phi) is 5.95. The fourth-order valence-corrected chi connectivity index (χ4v) is 4.09. The Labute approximate surface area is 133 Å². The van der Waals surface area contributed by atoms with Crippen molar-refractivity contribution in [3.63, 3.8) is 0 Å². The molecule has 1 aliphatic rings. The molecule has 5 nitrogen and oxygen atoms in total. The number of hydrogen-bond donors (Lipinski definition) is 0. The van der Waals surface area contributed by atoms with Crippen molar-refractivity contribution in [3.05, 3.63) is 29.8 Å². The smallest absolute Gasteiger partial charge is 0.243 e. The van der Waals surface area contributed by atoms with Gasteiger partial charge in [0.1, 0.15) is 0 Å². The van der Waals surface area contributed by atoms with E-state index in [9.17, 15) is 8.42 Å². The topological polar surface area (TPSA) is 64.4 Å². The maximum absolute atomic E-state index is 12.6. The van der Waals surface area contributed by atoms with E-state index in [0.29, 0.717) is 37.5 Å². The summed E-state index contributed by atoms with van der Waals surface area (Å²) in [6.07, 6.45) is 2.51. The molecule has 0 amide bonds. The van der Waals surface area contributed by atoms with Crippen LogP contribution < -0.4 is 0 Å². The lowest BCUT2D eigenvalue weighted by Crippen LogP contribution is -2.48. The fourth-order valence-electron chi connectivity index (χ4n) is 2.67. The zero-order valence-electron chi connectivity index (χ0n) is 13.0. The predicted molar refractivity (Wildman–Crippen MR) is 85.9 cm³/mol. The van der Waals surface area contributed by atoms with Gasteiger partial charge in [-0.25, -0.2) is 8.42 Å². The molecule has 0 spiro atoms. The van der Waals surface area contributed by atoms with Crippen LogP contribution in [0.4, 0.5) is 0 Å². The van der Waals surface area contributed by atoms with Crippen molar-refractivity contribution in [3.8, 4) is 6.07 Å². The van der Waals surface area contributed by atoms with Crippen molar-refractivity contribution in [2.45, 2.75) is 31.1 Å². The molecule has 1 aliphatic heterocycles. The molecule has 0 atom stereocenters. The predicted octanol–water partition coefficient (Wildman–Crippen LogP) is 1.86. The normalized spacial score (nSPS) is 17.3. The highest BCUT2D eigenvalue weighted by molar-refractivity contribution is 7.89. The minimum atomic E-state index is -3.40. The first kappa shape index (κ1) is 16.9. The van der Waals surface area contributed by atoms with Crippen LogP contribution in [0.1, 0.15) is 25.3 Å². The molecule has 2 rings (SSSR count). The maximum atomic E-state index is 12.6. The summed E-state index contributed by atoms with van der Waals surface area (Å²) >= 11 is 0. The van der Waals surface area contributed by atoms with Crippen LogP contribution in [-0.2, 0) is 16.4 Å². The lowest BCUT2D eigenvalue weighted by Gasteiger charge is -2.33. The molecule has 0 aliphatic carbocycles. The average Bonchev–Trinajstić information content (AvgIpc) is 2.54. The van der Waals surface area contributed by atoms with Crippen LogP contribution in [0.25, 0.3) is 0 Å². The second kappa shape index (κ2) is 7.73. The molecule has 1 aromatic carbocycles. The highest BCUT2D eigenvalue weighted by atomic mass is 32.2.